The Bertz CT molecular complexity index is 504. The summed E-state index contributed by atoms with van der Waals surface area (Å²) in [5.74, 6) is -1.12. The van der Waals surface area contributed by atoms with E-state index in [1.54, 1.807) is 24.3 Å². The van der Waals surface area contributed by atoms with Crippen molar-refractivity contribution in [3.05, 3.63) is 34.9 Å². The standard InChI is InChI=1S/C12H14ClN3O4/c13-9-3-1-8(2-4-9)7-15-12(20)16(11(14)19)6-5-10(17)18/h1-4H,5-7H2,(H2,14,19)(H,15,20)(H,17,18). The summed E-state index contributed by atoms with van der Waals surface area (Å²) in [7, 11) is 0. The van der Waals surface area contributed by atoms with E-state index in [2.05, 4.69) is 5.32 Å². The Morgan fingerprint density at radius 1 is 1.25 bits per heavy atom. The molecule has 8 heteroatoms. The molecule has 0 aliphatic carbocycles. The number of rotatable bonds is 5. The molecule has 108 valence electrons. The highest BCUT2D eigenvalue weighted by molar-refractivity contribution is 6.30. The highest BCUT2D eigenvalue weighted by Gasteiger charge is 2.19. The fourth-order valence-electron chi connectivity index (χ4n) is 1.39. The van der Waals surface area contributed by atoms with Gasteiger partial charge < -0.3 is 16.2 Å². The van der Waals surface area contributed by atoms with Crippen LogP contribution in [0.15, 0.2) is 24.3 Å². The summed E-state index contributed by atoms with van der Waals surface area (Å²) >= 11 is 5.72. The third-order valence-electron chi connectivity index (χ3n) is 2.42. The largest absolute Gasteiger partial charge is 0.481 e. The topological polar surface area (TPSA) is 113 Å². The maximum atomic E-state index is 11.7. The molecule has 1 aromatic carbocycles. The van der Waals surface area contributed by atoms with Crippen LogP contribution >= 0.6 is 11.6 Å². The number of benzene rings is 1. The smallest absolute Gasteiger partial charge is 0.325 e. The van der Waals surface area contributed by atoms with Gasteiger partial charge in [-0.05, 0) is 17.7 Å². The molecule has 0 spiro atoms. The van der Waals surface area contributed by atoms with E-state index in [0.29, 0.717) is 9.92 Å². The van der Waals surface area contributed by atoms with E-state index in [0.717, 1.165) is 5.56 Å². The summed E-state index contributed by atoms with van der Waals surface area (Å²) in [6.45, 7) is -0.107. The molecule has 0 aromatic heterocycles. The molecule has 0 saturated carbocycles. The second kappa shape index (κ2) is 7.34. The van der Waals surface area contributed by atoms with Crippen molar-refractivity contribution >= 4 is 29.6 Å². The maximum absolute atomic E-state index is 11.7. The molecule has 0 heterocycles. The molecule has 4 N–H and O–H groups in total. The zero-order chi connectivity index (χ0) is 15.1. The van der Waals surface area contributed by atoms with E-state index < -0.39 is 18.0 Å². The number of aliphatic carboxylic acids is 1. The Morgan fingerprint density at radius 2 is 1.85 bits per heavy atom. The van der Waals surface area contributed by atoms with Crippen molar-refractivity contribution in [3.8, 4) is 0 Å². The first-order chi connectivity index (χ1) is 9.40. The Balaban J connectivity index is 2.55. The number of carboxylic acid groups (broad SMARTS) is 1. The number of primary amides is 1. The van der Waals surface area contributed by atoms with Crippen LogP contribution < -0.4 is 11.1 Å². The van der Waals surface area contributed by atoms with E-state index in [-0.39, 0.29) is 19.5 Å². The van der Waals surface area contributed by atoms with Gasteiger partial charge in [0.15, 0.2) is 0 Å². The van der Waals surface area contributed by atoms with E-state index in [9.17, 15) is 14.4 Å². The van der Waals surface area contributed by atoms with Crippen molar-refractivity contribution in [1.29, 1.82) is 0 Å². The van der Waals surface area contributed by atoms with Crippen LogP contribution in [0.25, 0.3) is 0 Å². The third kappa shape index (κ3) is 5.15. The number of carboxylic acids is 1. The lowest BCUT2D eigenvalue weighted by molar-refractivity contribution is -0.137. The molecule has 0 unspecified atom stereocenters. The lowest BCUT2D eigenvalue weighted by Gasteiger charge is -2.18. The second-order valence-corrected chi connectivity index (χ2v) is 4.36. The summed E-state index contributed by atoms with van der Waals surface area (Å²) in [5.41, 5.74) is 5.81. The number of carbonyl (C=O) groups excluding carboxylic acids is 2. The van der Waals surface area contributed by atoms with Gasteiger partial charge in [-0.3, -0.25) is 4.79 Å². The van der Waals surface area contributed by atoms with Crippen LogP contribution in [-0.4, -0.2) is 34.6 Å². The van der Waals surface area contributed by atoms with Gasteiger partial charge >= 0.3 is 18.0 Å². The van der Waals surface area contributed by atoms with Crippen LogP contribution in [0.5, 0.6) is 0 Å². The van der Waals surface area contributed by atoms with Crippen molar-refractivity contribution in [2.24, 2.45) is 5.73 Å². The fourth-order valence-corrected chi connectivity index (χ4v) is 1.52. The van der Waals surface area contributed by atoms with Gasteiger partial charge in [0, 0.05) is 18.1 Å². The Labute approximate surface area is 120 Å². The number of hydrogen-bond acceptors (Lipinski definition) is 3. The van der Waals surface area contributed by atoms with Gasteiger partial charge in [-0.2, -0.15) is 0 Å². The predicted molar refractivity (Wildman–Crippen MR) is 72.2 cm³/mol. The first-order valence-electron chi connectivity index (χ1n) is 5.71. The van der Waals surface area contributed by atoms with Gasteiger partial charge in [0.25, 0.3) is 0 Å². The van der Waals surface area contributed by atoms with Crippen LogP contribution in [0, 0.1) is 0 Å². The number of carbonyl (C=O) groups is 3. The second-order valence-electron chi connectivity index (χ2n) is 3.92. The van der Waals surface area contributed by atoms with E-state index in [1.807, 2.05) is 0 Å². The molecule has 4 amide bonds. The Kier molecular flexibility index (Phi) is 5.79. The van der Waals surface area contributed by atoms with Crippen LogP contribution in [0.2, 0.25) is 5.02 Å². The monoisotopic (exact) mass is 299 g/mol. The van der Waals surface area contributed by atoms with Crippen molar-refractivity contribution in [1.82, 2.24) is 10.2 Å². The quantitative estimate of drug-likeness (QED) is 0.762. The zero-order valence-electron chi connectivity index (χ0n) is 10.5. The van der Waals surface area contributed by atoms with E-state index in [1.165, 1.54) is 0 Å². The number of nitrogens with one attached hydrogen (secondary N) is 1. The molecule has 0 aliphatic rings. The van der Waals surface area contributed by atoms with Crippen molar-refractivity contribution < 1.29 is 19.5 Å². The minimum Gasteiger partial charge on any atom is -0.481 e. The molecule has 1 aromatic rings. The molecule has 0 aliphatic heterocycles. The fraction of sp³-hybridized carbons (Fsp3) is 0.250. The molecule has 1 rings (SSSR count). The maximum Gasteiger partial charge on any atom is 0.325 e. The first kappa shape index (κ1) is 15.8. The Hall–Kier alpha value is -2.28. The van der Waals surface area contributed by atoms with Crippen molar-refractivity contribution in [2.75, 3.05) is 6.54 Å². The number of urea groups is 2. The van der Waals surface area contributed by atoms with Crippen molar-refractivity contribution in [3.63, 3.8) is 0 Å². The average molecular weight is 300 g/mol. The summed E-state index contributed by atoms with van der Waals surface area (Å²) in [4.78, 5) is 33.9. The van der Waals surface area contributed by atoms with Gasteiger partial charge in [0.1, 0.15) is 0 Å². The molecule has 7 nitrogen and oxygen atoms in total. The van der Waals surface area contributed by atoms with Crippen LogP contribution in [-0.2, 0) is 11.3 Å². The molecule has 0 atom stereocenters. The van der Waals surface area contributed by atoms with Gasteiger partial charge in [0.2, 0.25) is 0 Å². The highest BCUT2D eigenvalue weighted by Crippen LogP contribution is 2.09. The number of imide groups is 1. The zero-order valence-corrected chi connectivity index (χ0v) is 11.3. The lowest BCUT2D eigenvalue weighted by atomic mass is 10.2. The summed E-state index contributed by atoms with van der Waals surface area (Å²) < 4.78 is 0. The van der Waals surface area contributed by atoms with Gasteiger partial charge in [0.05, 0.1) is 6.42 Å². The highest BCUT2D eigenvalue weighted by atomic mass is 35.5. The van der Waals surface area contributed by atoms with Crippen LogP contribution in [0.3, 0.4) is 0 Å². The number of hydrogen-bond donors (Lipinski definition) is 3. The molecule has 0 saturated heterocycles. The SMILES string of the molecule is NC(=O)N(CCC(=O)O)C(=O)NCc1ccc(Cl)cc1. The molecule has 0 radical (unpaired) electrons. The number of nitrogens with zero attached hydrogens (tertiary/aromatic N) is 1. The van der Waals surface area contributed by atoms with E-state index >= 15 is 0 Å². The molecular weight excluding hydrogens is 286 g/mol. The third-order valence-corrected chi connectivity index (χ3v) is 2.67. The lowest BCUT2D eigenvalue weighted by Crippen LogP contribution is -2.47. The van der Waals surface area contributed by atoms with Gasteiger partial charge in [-0.15, -0.1) is 0 Å². The molecule has 0 fully saturated rings. The summed E-state index contributed by atoms with van der Waals surface area (Å²) in [5, 5.41) is 11.6. The number of amides is 4. The molecule has 20 heavy (non-hydrogen) atoms. The van der Waals surface area contributed by atoms with Gasteiger partial charge in [-0.1, -0.05) is 23.7 Å². The van der Waals surface area contributed by atoms with E-state index in [4.69, 9.17) is 22.4 Å². The summed E-state index contributed by atoms with van der Waals surface area (Å²) in [6, 6.07) is 5.02. The minimum atomic E-state index is -1.12. The normalized spacial score (nSPS) is 9.85. The average Bonchev–Trinajstić information content (AvgIpc) is 2.37. The predicted octanol–water partition coefficient (Wildman–Crippen LogP) is 1.41. The molecule has 0 bridgehead atoms. The van der Waals surface area contributed by atoms with Crippen molar-refractivity contribution in [2.45, 2.75) is 13.0 Å². The molecular formula is C12H14ClN3O4. The summed E-state index contributed by atoms with van der Waals surface area (Å²) in [6.07, 6.45) is -0.364. The first-order valence-corrected chi connectivity index (χ1v) is 6.09. The number of nitrogens with two attached hydrogens (primary N) is 1. The van der Waals surface area contributed by atoms with Crippen LogP contribution in [0.1, 0.15) is 12.0 Å². The number of halogens is 1. The van der Waals surface area contributed by atoms with Gasteiger partial charge in [-0.25, -0.2) is 14.5 Å². The minimum absolute atomic E-state index is 0.173. The Morgan fingerprint density at radius 3 is 2.35 bits per heavy atom. The van der Waals surface area contributed by atoms with Crippen LogP contribution in [0.4, 0.5) is 9.59 Å².